The Morgan fingerprint density at radius 3 is 2.84 bits per heavy atom. The van der Waals surface area contributed by atoms with Crippen LogP contribution in [-0.4, -0.2) is 35.4 Å². The number of carbonyl (C=O) groups excluding carboxylic acids is 1. The first kappa shape index (κ1) is 13.9. The lowest BCUT2D eigenvalue weighted by molar-refractivity contribution is 0.0720. The Bertz CT molecular complexity index is 455. The molecule has 6 nitrogen and oxygen atoms in total. The van der Waals surface area contributed by atoms with Crippen LogP contribution < -0.4 is 11.1 Å². The summed E-state index contributed by atoms with van der Waals surface area (Å²) in [5.41, 5.74) is 7.49. The van der Waals surface area contributed by atoms with Crippen LogP contribution in [0.25, 0.3) is 0 Å². The summed E-state index contributed by atoms with van der Waals surface area (Å²) in [5, 5.41) is 9.83. The number of anilines is 1. The van der Waals surface area contributed by atoms with Gasteiger partial charge in [-0.25, -0.2) is 0 Å². The molecule has 1 amide bonds. The maximum absolute atomic E-state index is 12.2. The zero-order valence-electron chi connectivity index (χ0n) is 11.7. The Labute approximate surface area is 113 Å². The molecule has 1 fully saturated rings. The van der Waals surface area contributed by atoms with Crippen molar-refractivity contribution in [2.24, 2.45) is 0 Å². The van der Waals surface area contributed by atoms with Crippen LogP contribution in [-0.2, 0) is 4.74 Å². The van der Waals surface area contributed by atoms with E-state index < -0.39 is 0 Å². The molecule has 106 valence electrons. The first-order valence-electron chi connectivity index (χ1n) is 6.72. The van der Waals surface area contributed by atoms with Crippen LogP contribution in [0.4, 0.5) is 5.69 Å². The third-order valence-corrected chi connectivity index (χ3v) is 3.70. The molecular formula is C13H22N4O2. The second kappa shape index (κ2) is 5.61. The van der Waals surface area contributed by atoms with Gasteiger partial charge in [-0.15, -0.1) is 0 Å². The minimum atomic E-state index is -0.227. The Morgan fingerprint density at radius 2 is 2.26 bits per heavy atom. The van der Waals surface area contributed by atoms with Gasteiger partial charge in [-0.3, -0.25) is 9.89 Å². The van der Waals surface area contributed by atoms with E-state index in [9.17, 15) is 4.79 Å². The van der Waals surface area contributed by atoms with E-state index in [1.54, 1.807) is 7.11 Å². The zero-order chi connectivity index (χ0) is 14.0. The fourth-order valence-corrected chi connectivity index (χ4v) is 2.59. The number of aromatic nitrogens is 2. The van der Waals surface area contributed by atoms with E-state index in [1.807, 2.05) is 13.8 Å². The highest BCUT2D eigenvalue weighted by Gasteiger charge is 2.30. The fourth-order valence-electron chi connectivity index (χ4n) is 2.59. The number of rotatable bonds is 4. The largest absolute Gasteiger partial charge is 0.395 e. The number of nitrogens with one attached hydrogen (secondary N) is 2. The minimum Gasteiger partial charge on any atom is -0.395 e. The summed E-state index contributed by atoms with van der Waals surface area (Å²) in [6.07, 6.45) is 3.07. The molecule has 2 atom stereocenters. The van der Waals surface area contributed by atoms with Gasteiger partial charge in [-0.2, -0.15) is 5.10 Å². The van der Waals surface area contributed by atoms with Gasteiger partial charge in [0.15, 0.2) is 5.69 Å². The molecule has 1 aromatic rings. The summed E-state index contributed by atoms with van der Waals surface area (Å²) in [7, 11) is 1.68. The number of aromatic amines is 1. The zero-order valence-corrected chi connectivity index (χ0v) is 11.7. The van der Waals surface area contributed by atoms with Gasteiger partial charge in [0.1, 0.15) is 0 Å². The van der Waals surface area contributed by atoms with Gasteiger partial charge < -0.3 is 15.8 Å². The smallest absolute Gasteiger partial charge is 0.274 e. The lowest BCUT2D eigenvalue weighted by atomic mass is 10.1. The molecule has 2 rings (SSSR count). The highest BCUT2D eigenvalue weighted by Crippen LogP contribution is 2.24. The molecule has 1 saturated carbocycles. The Kier molecular flexibility index (Phi) is 4.09. The highest BCUT2D eigenvalue weighted by atomic mass is 16.5. The molecule has 0 aliphatic heterocycles. The van der Waals surface area contributed by atoms with Gasteiger partial charge in [0.05, 0.1) is 23.5 Å². The normalized spacial score (nSPS) is 22.9. The molecule has 6 heteroatoms. The minimum absolute atomic E-state index is 0.0519. The molecule has 1 aliphatic rings. The summed E-state index contributed by atoms with van der Waals surface area (Å²) in [6.45, 7) is 4.01. The van der Waals surface area contributed by atoms with Crippen LogP contribution in [0.15, 0.2) is 0 Å². The van der Waals surface area contributed by atoms with E-state index in [1.165, 1.54) is 0 Å². The van der Waals surface area contributed by atoms with Crippen molar-refractivity contribution < 1.29 is 9.53 Å². The molecule has 0 bridgehead atoms. The molecule has 4 N–H and O–H groups in total. The molecule has 1 aliphatic carbocycles. The van der Waals surface area contributed by atoms with Crippen molar-refractivity contribution in [2.45, 2.75) is 51.2 Å². The van der Waals surface area contributed by atoms with E-state index in [0.717, 1.165) is 25.0 Å². The first-order valence-corrected chi connectivity index (χ1v) is 6.72. The number of carbonyl (C=O) groups is 1. The molecule has 1 heterocycles. The molecule has 0 saturated heterocycles. The van der Waals surface area contributed by atoms with E-state index in [4.69, 9.17) is 10.5 Å². The fraction of sp³-hybridized carbons (Fsp3) is 0.692. The topological polar surface area (TPSA) is 93.0 Å². The standard InChI is InChI=1S/C13H22N4O2/c1-7(2)11-10(14)12(17-16-11)13(18)15-8-5-4-6-9(8)19-3/h7-9H,4-6,14H2,1-3H3,(H,15,18)(H,16,17). The van der Waals surface area contributed by atoms with Crippen LogP contribution in [0, 0.1) is 0 Å². The van der Waals surface area contributed by atoms with Crippen molar-refractivity contribution in [2.75, 3.05) is 12.8 Å². The molecule has 2 unspecified atom stereocenters. The number of hydrogen-bond donors (Lipinski definition) is 3. The number of H-pyrrole nitrogens is 1. The van der Waals surface area contributed by atoms with Crippen molar-refractivity contribution in [1.82, 2.24) is 15.5 Å². The molecule has 1 aromatic heterocycles. The van der Waals surface area contributed by atoms with Crippen molar-refractivity contribution in [3.63, 3.8) is 0 Å². The lowest BCUT2D eigenvalue weighted by Crippen LogP contribution is -2.41. The lowest BCUT2D eigenvalue weighted by Gasteiger charge is -2.19. The summed E-state index contributed by atoms with van der Waals surface area (Å²) >= 11 is 0. The van der Waals surface area contributed by atoms with Gasteiger partial charge >= 0.3 is 0 Å². The van der Waals surface area contributed by atoms with E-state index in [0.29, 0.717) is 5.69 Å². The van der Waals surface area contributed by atoms with Crippen molar-refractivity contribution in [3.05, 3.63) is 11.4 Å². The third-order valence-electron chi connectivity index (χ3n) is 3.70. The van der Waals surface area contributed by atoms with Crippen molar-refractivity contribution in [1.29, 1.82) is 0 Å². The molecular weight excluding hydrogens is 244 g/mol. The van der Waals surface area contributed by atoms with Crippen LogP contribution in [0.1, 0.15) is 55.2 Å². The molecule has 0 aromatic carbocycles. The number of nitrogen functional groups attached to an aromatic ring is 1. The number of methoxy groups -OCH3 is 1. The van der Waals surface area contributed by atoms with Gasteiger partial charge in [-0.1, -0.05) is 13.8 Å². The maximum atomic E-state index is 12.2. The predicted octanol–water partition coefficient (Wildman–Crippen LogP) is 1.41. The van der Waals surface area contributed by atoms with Gasteiger partial charge in [0.25, 0.3) is 5.91 Å². The Balaban J connectivity index is 2.08. The van der Waals surface area contributed by atoms with E-state index >= 15 is 0 Å². The number of nitrogens with two attached hydrogens (primary N) is 1. The van der Waals surface area contributed by atoms with Crippen LogP contribution in [0.2, 0.25) is 0 Å². The number of hydrogen-bond acceptors (Lipinski definition) is 4. The monoisotopic (exact) mass is 266 g/mol. The molecule has 19 heavy (non-hydrogen) atoms. The van der Waals surface area contributed by atoms with Crippen LogP contribution in [0.3, 0.4) is 0 Å². The van der Waals surface area contributed by atoms with Gasteiger partial charge in [0.2, 0.25) is 0 Å². The second-order valence-electron chi connectivity index (χ2n) is 5.34. The van der Waals surface area contributed by atoms with Gasteiger partial charge in [-0.05, 0) is 25.2 Å². The Hall–Kier alpha value is -1.56. The van der Waals surface area contributed by atoms with Crippen LogP contribution >= 0.6 is 0 Å². The Morgan fingerprint density at radius 1 is 1.53 bits per heavy atom. The number of ether oxygens (including phenoxy) is 1. The number of nitrogens with zero attached hydrogens (tertiary/aromatic N) is 1. The van der Waals surface area contributed by atoms with Crippen LogP contribution in [0.5, 0.6) is 0 Å². The van der Waals surface area contributed by atoms with Crippen molar-refractivity contribution >= 4 is 11.6 Å². The average Bonchev–Trinajstić information content (AvgIpc) is 2.95. The SMILES string of the molecule is COC1CCCC1NC(=O)c1n[nH]c(C(C)C)c1N. The maximum Gasteiger partial charge on any atom is 0.274 e. The summed E-state index contributed by atoms with van der Waals surface area (Å²) in [6, 6.07) is 0.0519. The predicted molar refractivity (Wildman–Crippen MR) is 73.0 cm³/mol. The third kappa shape index (κ3) is 2.73. The van der Waals surface area contributed by atoms with E-state index in [2.05, 4.69) is 15.5 Å². The molecule has 0 spiro atoms. The second-order valence-corrected chi connectivity index (χ2v) is 5.34. The summed E-state index contributed by atoms with van der Waals surface area (Å²) < 4.78 is 5.36. The quantitative estimate of drug-likeness (QED) is 0.768. The summed E-state index contributed by atoms with van der Waals surface area (Å²) in [5.74, 6) is -0.0122. The average molecular weight is 266 g/mol. The molecule has 0 radical (unpaired) electrons. The van der Waals surface area contributed by atoms with Gasteiger partial charge in [0, 0.05) is 7.11 Å². The summed E-state index contributed by atoms with van der Waals surface area (Å²) in [4.78, 5) is 12.2. The van der Waals surface area contributed by atoms with Crippen molar-refractivity contribution in [3.8, 4) is 0 Å². The first-order chi connectivity index (χ1) is 9.04. The van der Waals surface area contributed by atoms with E-state index in [-0.39, 0.29) is 29.7 Å². The number of amides is 1. The highest BCUT2D eigenvalue weighted by molar-refractivity contribution is 5.97.